The summed E-state index contributed by atoms with van der Waals surface area (Å²) in [5.41, 5.74) is 2.35. The first-order chi connectivity index (χ1) is 10.5. The van der Waals surface area contributed by atoms with Crippen LogP contribution in [-0.4, -0.2) is 17.5 Å². The van der Waals surface area contributed by atoms with Crippen molar-refractivity contribution < 1.29 is 14.6 Å². The average molecular weight is 321 g/mol. The number of hydrogen-bond acceptors (Lipinski definition) is 3. The molecule has 0 aliphatic rings. The first-order valence-electron chi connectivity index (χ1n) is 7.05. The number of aliphatic hydroxyl groups excluding tert-OH is 1. The van der Waals surface area contributed by atoms with E-state index in [1.54, 1.807) is 0 Å². The molecule has 0 amide bonds. The number of benzene rings is 2. The number of aliphatic hydroxyl groups is 1. The molecule has 0 atom stereocenters. The number of Topliss-reactive ketones (excluding diaryl/α,β-unsaturated/α-hetero) is 1. The van der Waals surface area contributed by atoms with Crippen molar-refractivity contribution in [3.63, 3.8) is 0 Å². The van der Waals surface area contributed by atoms with Gasteiger partial charge in [0.15, 0.2) is 0 Å². The van der Waals surface area contributed by atoms with Crippen LogP contribution in [0.3, 0.4) is 0 Å². The molecule has 0 radical (unpaired) electrons. The summed E-state index contributed by atoms with van der Waals surface area (Å²) in [5.74, 6) is 0.929. The van der Waals surface area contributed by atoms with Gasteiger partial charge in [0.25, 0.3) is 0 Å². The number of hydrogen-bond donors (Lipinski definition) is 1. The van der Waals surface area contributed by atoms with Gasteiger partial charge in [-0.25, -0.2) is 0 Å². The third kappa shape index (κ3) is 7.81. The quantitative estimate of drug-likeness (QED) is 0.898. The summed E-state index contributed by atoms with van der Waals surface area (Å²) in [7, 11) is 0. The number of rotatable bonds is 5. The van der Waals surface area contributed by atoms with Gasteiger partial charge >= 0.3 is 0 Å². The molecule has 2 aromatic rings. The number of halogens is 1. The highest BCUT2D eigenvalue weighted by Crippen LogP contribution is 2.15. The fraction of sp³-hybridized carbons (Fsp3) is 0.278. The zero-order chi connectivity index (χ0) is 16.4. The predicted molar refractivity (Wildman–Crippen MR) is 89.3 cm³/mol. The van der Waals surface area contributed by atoms with E-state index in [2.05, 4.69) is 6.92 Å². The van der Waals surface area contributed by atoms with Crippen LogP contribution in [0, 0.1) is 6.92 Å². The van der Waals surface area contributed by atoms with Gasteiger partial charge in [-0.1, -0.05) is 41.4 Å². The lowest BCUT2D eigenvalue weighted by molar-refractivity contribution is -0.117. The first-order valence-corrected chi connectivity index (χ1v) is 7.43. The van der Waals surface area contributed by atoms with Gasteiger partial charge in [0.2, 0.25) is 0 Å². The van der Waals surface area contributed by atoms with Crippen molar-refractivity contribution in [2.24, 2.45) is 0 Å². The molecule has 4 heteroatoms. The third-order valence-electron chi connectivity index (χ3n) is 2.80. The second-order valence-electron chi connectivity index (χ2n) is 4.90. The standard InChI is InChI=1S/C14H13ClO.C4H8O2/c1-11-2-8-14(9-3-11)16-10-12-4-6-13(15)7-5-12;1-4(6)2-3-5/h2-9H,10H2,1H3;5H,2-3H2,1H3. The monoisotopic (exact) mass is 320 g/mol. The maximum absolute atomic E-state index is 9.88. The topological polar surface area (TPSA) is 46.5 Å². The van der Waals surface area contributed by atoms with E-state index in [0.29, 0.717) is 13.0 Å². The van der Waals surface area contributed by atoms with E-state index in [1.165, 1.54) is 12.5 Å². The lowest BCUT2D eigenvalue weighted by atomic mass is 10.2. The maximum Gasteiger partial charge on any atom is 0.132 e. The molecule has 22 heavy (non-hydrogen) atoms. The maximum atomic E-state index is 9.88. The minimum atomic E-state index is -0.0185. The normalized spacial score (nSPS) is 9.64. The van der Waals surface area contributed by atoms with E-state index in [9.17, 15) is 4.79 Å². The van der Waals surface area contributed by atoms with E-state index < -0.39 is 0 Å². The molecule has 2 rings (SSSR count). The van der Waals surface area contributed by atoms with Crippen molar-refractivity contribution in [1.82, 2.24) is 0 Å². The lowest BCUT2D eigenvalue weighted by Gasteiger charge is -2.06. The average Bonchev–Trinajstić information content (AvgIpc) is 2.49. The summed E-state index contributed by atoms with van der Waals surface area (Å²) in [6, 6.07) is 15.7. The summed E-state index contributed by atoms with van der Waals surface area (Å²) < 4.78 is 5.64. The zero-order valence-electron chi connectivity index (χ0n) is 12.9. The van der Waals surface area contributed by atoms with Crippen LogP contribution in [0.2, 0.25) is 5.02 Å². The summed E-state index contributed by atoms with van der Waals surface area (Å²) in [6.45, 7) is 4.06. The van der Waals surface area contributed by atoms with Crippen molar-refractivity contribution >= 4 is 17.4 Å². The van der Waals surface area contributed by atoms with Gasteiger partial charge in [0.1, 0.15) is 18.1 Å². The van der Waals surface area contributed by atoms with Crippen LogP contribution in [0.15, 0.2) is 48.5 Å². The van der Waals surface area contributed by atoms with Crippen LogP contribution < -0.4 is 4.74 Å². The van der Waals surface area contributed by atoms with Crippen LogP contribution in [0.5, 0.6) is 5.75 Å². The molecule has 0 saturated carbocycles. The number of ketones is 1. The van der Waals surface area contributed by atoms with E-state index in [4.69, 9.17) is 21.4 Å². The molecule has 0 aromatic heterocycles. The molecule has 0 aliphatic carbocycles. The molecular weight excluding hydrogens is 300 g/mol. The van der Waals surface area contributed by atoms with Crippen LogP contribution in [0.25, 0.3) is 0 Å². The van der Waals surface area contributed by atoms with Gasteiger partial charge in [-0.15, -0.1) is 0 Å². The fourth-order valence-electron chi connectivity index (χ4n) is 1.54. The van der Waals surface area contributed by atoms with Gasteiger partial charge in [-0.2, -0.15) is 0 Å². The van der Waals surface area contributed by atoms with Crippen molar-refractivity contribution in [1.29, 1.82) is 0 Å². The Morgan fingerprint density at radius 1 is 1.09 bits per heavy atom. The number of ether oxygens (including phenoxy) is 1. The van der Waals surface area contributed by atoms with Crippen LogP contribution >= 0.6 is 11.6 Å². The summed E-state index contributed by atoms with van der Waals surface area (Å²) in [5, 5.41) is 8.76. The van der Waals surface area contributed by atoms with E-state index in [1.807, 2.05) is 48.5 Å². The molecule has 0 unspecified atom stereocenters. The van der Waals surface area contributed by atoms with Crippen molar-refractivity contribution in [3.05, 3.63) is 64.7 Å². The predicted octanol–water partition coefficient (Wildman–Crippen LogP) is 4.19. The highest BCUT2D eigenvalue weighted by atomic mass is 35.5. The van der Waals surface area contributed by atoms with E-state index in [0.717, 1.165) is 16.3 Å². The summed E-state index contributed by atoms with van der Waals surface area (Å²) >= 11 is 5.81. The molecule has 0 aliphatic heterocycles. The molecule has 3 nitrogen and oxygen atoms in total. The van der Waals surface area contributed by atoms with Gasteiger partial charge in [-0.05, 0) is 43.7 Å². The Morgan fingerprint density at radius 2 is 1.68 bits per heavy atom. The number of carbonyl (C=O) groups is 1. The zero-order valence-corrected chi connectivity index (χ0v) is 13.6. The molecule has 1 N–H and O–H groups in total. The second kappa shape index (κ2) is 9.98. The first kappa shape index (κ1) is 18.2. The molecule has 0 heterocycles. The largest absolute Gasteiger partial charge is 0.489 e. The summed E-state index contributed by atoms with van der Waals surface area (Å²) in [6.07, 6.45) is 0.292. The van der Waals surface area contributed by atoms with Crippen LogP contribution in [-0.2, 0) is 11.4 Å². The van der Waals surface area contributed by atoms with E-state index >= 15 is 0 Å². The molecule has 118 valence electrons. The Hall–Kier alpha value is -1.84. The van der Waals surface area contributed by atoms with Gasteiger partial charge in [0.05, 0.1) is 0 Å². The highest BCUT2D eigenvalue weighted by Gasteiger charge is 1.96. The van der Waals surface area contributed by atoms with Crippen molar-refractivity contribution in [2.75, 3.05) is 6.61 Å². The highest BCUT2D eigenvalue weighted by molar-refractivity contribution is 6.30. The Balaban J connectivity index is 0.000000346. The minimum Gasteiger partial charge on any atom is -0.489 e. The Morgan fingerprint density at radius 3 is 2.14 bits per heavy atom. The van der Waals surface area contributed by atoms with Crippen LogP contribution in [0.1, 0.15) is 24.5 Å². The van der Waals surface area contributed by atoms with E-state index in [-0.39, 0.29) is 12.4 Å². The summed E-state index contributed by atoms with van der Waals surface area (Å²) in [4.78, 5) is 9.88. The van der Waals surface area contributed by atoms with Gasteiger partial charge in [0, 0.05) is 18.1 Å². The Bertz CT molecular complexity index is 516. The molecular formula is C18H21ClO3. The Labute approximate surface area is 136 Å². The second-order valence-corrected chi connectivity index (χ2v) is 5.34. The fourth-order valence-corrected chi connectivity index (χ4v) is 1.67. The van der Waals surface area contributed by atoms with Crippen LogP contribution in [0.4, 0.5) is 0 Å². The number of carbonyl (C=O) groups excluding carboxylic acids is 1. The molecule has 0 bridgehead atoms. The SMILES string of the molecule is CC(=O)CCO.Cc1ccc(OCc2ccc(Cl)cc2)cc1. The molecule has 2 aromatic carbocycles. The molecule has 0 saturated heterocycles. The Kier molecular flexibility index (Phi) is 8.26. The molecule has 0 spiro atoms. The van der Waals surface area contributed by atoms with Crippen molar-refractivity contribution in [2.45, 2.75) is 26.9 Å². The van der Waals surface area contributed by atoms with Gasteiger partial charge in [-0.3, -0.25) is 4.79 Å². The molecule has 0 fully saturated rings. The smallest absolute Gasteiger partial charge is 0.132 e. The van der Waals surface area contributed by atoms with Gasteiger partial charge < -0.3 is 9.84 Å². The number of aryl methyl sites for hydroxylation is 1. The van der Waals surface area contributed by atoms with Crippen molar-refractivity contribution in [3.8, 4) is 5.75 Å². The lowest BCUT2D eigenvalue weighted by Crippen LogP contribution is -1.94. The minimum absolute atomic E-state index is 0.0185. The third-order valence-corrected chi connectivity index (χ3v) is 3.06.